The standard InChI is InChI=1S/C15H18N2O.ClH/c1-13-5-6-15(11-14(13)2)18-10-4-3-8-17-9-7-16-12-17;/h3-7,9,11-12H,8,10H2,1-2H3;1H/b4-3+;. The van der Waals surface area contributed by atoms with Crippen molar-refractivity contribution >= 4 is 12.4 Å². The topological polar surface area (TPSA) is 27.1 Å². The highest BCUT2D eigenvalue weighted by Crippen LogP contribution is 2.16. The molecular formula is C15H19ClN2O. The van der Waals surface area contributed by atoms with E-state index < -0.39 is 0 Å². The van der Waals surface area contributed by atoms with Crippen LogP contribution in [0.3, 0.4) is 0 Å². The zero-order valence-corrected chi connectivity index (χ0v) is 12.1. The summed E-state index contributed by atoms with van der Waals surface area (Å²) in [6, 6.07) is 6.16. The third-order valence-corrected chi connectivity index (χ3v) is 2.87. The zero-order chi connectivity index (χ0) is 12.8. The molecule has 0 aliphatic rings. The summed E-state index contributed by atoms with van der Waals surface area (Å²) in [6.07, 6.45) is 9.61. The van der Waals surface area contributed by atoms with Crippen LogP contribution >= 0.6 is 12.4 Å². The van der Waals surface area contributed by atoms with Crippen molar-refractivity contribution < 1.29 is 4.74 Å². The summed E-state index contributed by atoms with van der Waals surface area (Å²) in [5, 5.41) is 0. The van der Waals surface area contributed by atoms with Crippen LogP contribution in [0.2, 0.25) is 0 Å². The molecule has 0 N–H and O–H groups in total. The highest BCUT2D eigenvalue weighted by molar-refractivity contribution is 5.85. The lowest BCUT2D eigenvalue weighted by atomic mass is 10.1. The fraction of sp³-hybridized carbons (Fsp3) is 0.267. The van der Waals surface area contributed by atoms with Crippen LogP contribution in [0.1, 0.15) is 11.1 Å². The lowest BCUT2D eigenvalue weighted by Gasteiger charge is -2.06. The van der Waals surface area contributed by atoms with Gasteiger partial charge < -0.3 is 9.30 Å². The minimum Gasteiger partial charge on any atom is -0.490 e. The molecule has 1 aromatic carbocycles. The molecule has 0 fully saturated rings. The van der Waals surface area contributed by atoms with Crippen LogP contribution in [0, 0.1) is 13.8 Å². The van der Waals surface area contributed by atoms with E-state index in [0.717, 1.165) is 12.3 Å². The van der Waals surface area contributed by atoms with Crippen molar-refractivity contribution in [3.63, 3.8) is 0 Å². The van der Waals surface area contributed by atoms with Crippen molar-refractivity contribution in [3.05, 3.63) is 60.2 Å². The first-order valence-corrected chi connectivity index (χ1v) is 6.06. The zero-order valence-electron chi connectivity index (χ0n) is 11.2. The van der Waals surface area contributed by atoms with Gasteiger partial charge in [-0.15, -0.1) is 12.4 Å². The Hall–Kier alpha value is -1.74. The summed E-state index contributed by atoms with van der Waals surface area (Å²) in [6.45, 7) is 5.62. The average molecular weight is 279 g/mol. The molecule has 2 aromatic rings. The summed E-state index contributed by atoms with van der Waals surface area (Å²) < 4.78 is 7.66. The van der Waals surface area contributed by atoms with E-state index in [0.29, 0.717) is 6.61 Å². The van der Waals surface area contributed by atoms with E-state index in [1.165, 1.54) is 11.1 Å². The van der Waals surface area contributed by atoms with Gasteiger partial charge in [0.25, 0.3) is 0 Å². The monoisotopic (exact) mass is 278 g/mol. The van der Waals surface area contributed by atoms with E-state index in [-0.39, 0.29) is 12.4 Å². The first-order valence-electron chi connectivity index (χ1n) is 6.06. The Kier molecular flexibility index (Phi) is 6.16. The van der Waals surface area contributed by atoms with E-state index in [9.17, 15) is 0 Å². The van der Waals surface area contributed by atoms with Crippen molar-refractivity contribution in [2.45, 2.75) is 20.4 Å². The lowest BCUT2D eigenvalue weighted by Crippen LogP contribution is -1.96. The molecule has 102 valence electrons. The number of hydrogen-bond acceptors (Lipinski definition) is 2. The van der Waals surface area contributed by atoms with E-state index in [1.54, 1.807) is 12.5 Å². The molecule has 4 heteroatoms. The Bertz CT molecular complexity index is 521. The number of hydrogen-bond donors (Lipinski definition) is 0. The number of aryl methyl sites for hydroxylation is 2. The van der Waals surface area contributed by atoms with Crippen molar-refractivity contribution in [1.82, 2.24) is 9.55 Å². The van der Waals surface area contributed by atoms with Gasteiger partial charge >= 0.3 is 0 Å². The second kappa shape index (κ2) is 7.64. The number of halogens is 1. The van der Waals surface area contributed by atoms with Crippen molar-refractivity contribution in [3.8, 4) is 5.75 Å². The molecule has 0 unspecified atom stereocenters. The molecule has 0 aliphatic carbocycles. The van der Waals surface area contributed by atoms with E-state index in [2.05, 4.69) is 37.0 Å². The van der Waals surface area contributed by atoms with Gasteiger partial charge in [0.15, 0.2) is 0 Å². The SMILES string of the molecule is Cc1ccc(OC/C=C/Cn2ccnc2)cc1C.Cl. The summed E-state index contributed by atoms with van der Waals surface area (Å²) in [5.41, 5.74) is 2.55. The molecule has 0 spiro atoms. The molecule has 0 radical (unpaired) electrons. The Morgan fingerprint density at radius 1 is 1.21 bits per heavy atom. The van der Waals surface area contributed by atoms with Gasteiger partial charge in [-0.05, 0) is 43.2 Å². The minimum absolute atomic E-state index is 0. The van der Waals surface area contributed by atoms with Gasteiger partial charge in [0.1, 0.15) is 12.4 Å². The number of ether oxygens (including phenoxy) is 1. The largest absolute Gasteiger partial charge is 0.490 e. The van der Waals surface area contributed by atoms with E-state index in [4.69, 9.17) is 4.74 Å². The maximum Gasteiger partial charge on any atom is 0.120 e. The van der Waals surface area contributed by atoms with Gasteiger partial charge in [-0.3, -0.25) is 0 Å². The number of rotatable bonds is 5. The molecule has 1 heterocycles. The van der Waals surface area contributed by atoms with Crippen molar-refractivity contribution in [2.75, 3.05) is 6.61 Å². The van der Waals surface area contributed by atoms with E-state index in [1.807, 2.05) is 22.9 Å². The Morgan fingerprint density at radius 3 is 2.74 bits per heavy atom. The first-order chi connectivity index (χ1) is 8.75. The van der Waals surface area contributed by atoms with Gasteiger partial charge in [0, 0.05) is 18.9 Å². The van der Waals surface area contributed by atoms with Crippen LogP contribution in [-0.2, 0) is 6.54 Å². The van der Waals surface area contributed by atoms with E-state index >= 15 is 0 Å². The van der Waals surface area contributed by atoms with Gasteiger partial charge in [-0.1, -0.05) is 12.1 Å². The van der Waals surface area contributed by atoms with Crippen molar-refractivity contribution in [2.24, 2.45) is 0 Å². The number of nitrogens with zero attached hydrogens (tertiary/aromatic N) is 2. The molecular weight excluding hydrogens is 260 g/mol. The number of imidazole rings is 1. The molecule has 0 bridgehead atoms. The molecule has 3 nitrogen and oxygen atoms in total. The molecule has 0 amide bonds. The summed E-state index contributed by atoms with van der Waals surface area (Å²) in [4.78, 5) is 3.98. The number of allylic oxidation sites excluding steroid dienone is 1. The molecule has 0 aliphatic heterocycles. The molecule has 0 saturated heterocycles. The fourth-order valence-corrected chi connectivity index (χ4v) is 1.61. The maximum absolute atomic E-state index is 5.65. The highest BCUT2D eigenvalue weighted by Gasteiger charge is 1.95. The van der Waals surface area contributed by atoms with Crippen LogP contribution in [0.25, 0.3) is 0 Å². The van der Waals surface area contributed by atoms with Crippen LogP contribution < -0.4 is 4.74 Å². The van der Waals surface area contributed by atoms with Gasteiger partial charge in [0.2, 0.25) is 0 Å². The molecule has 0 saturated carbocycles. The molecule has 1 aromatic heterocycles. The van der Waals surface area contributed by atoms with Gasteiger partial charge in [0.05, 0.1) is 6.33 Å². The van der Waals surface area contributed by atoms with Crippen LogP contribution in [0.15, 0.2) is 49.1 Å². The maximum atomic E-state index is 5.65. The van der Waals surface area contributed by atoms with Gasteiger partial charge in [-0.2, -0.15) is 0 Å². The predicted molar refractivity (Wildman–Crippen MR) is 80.0 cm³/mol. The Balaban J connectivity index is 0.00000180. The molecule has 0 atom stereocenters. The predicted octanol–water partition coefficient (Wildman–Crippen LogP) is 3.56. The average Bonchev–Trinajstić information content (AvgIpc) is 2.86. The Morgan fingerprint density at radius 2 is 2.05 bits per heavy atom. The Labute approximate surface area is 120 Å². The normalized spacial score (nSPS) is 10.4. The number of aromatic nitrogens is 2. The van der Waals surface area contributed by atoms with Crippen LogP contribution in [0.5, 0.6) is 5.75 Å². The van der Waals surface area contributed by atoms with Crippen LogP contribution in [0.4, 0.5) is 0 Å². The third-order valence-electron chi connectivity index (χ3n) is 2.87. The fourth-order valence-electron chi connectivity index (χ4n) is 1.61. The highest BCUT2D eigenvalue weighted by atomic mass is 35.5. The smallest absolute Gasteiger partial charge is 0.120 e. The second-order valence-corrected chi connectivity index (χ2v) is 4.29. The number of benzene rings is 1. The second-order valence-electron chi connectivity index (χ2n) is 4.29. The van der Waals surface area contributed by atoms with Gasteiger partial charge in [-0.25, -0.2) is 4.98 Å². The molecule has 19 heavy (non-hydrogen) atoms. The first kappa shape index (κ1) is 15.3. The summed E-state index contributed by atoms with van der Waals surface area (Å²) >= 11 is 0. The lowest BCUT2D eigenvalue weighted by molar-refractivity contribution is 0.362. The summed E-state index contributed by atoms with van der Waals surface area (Å²) in [5.74, 6) is 0.922. The summed E-state index contributed by atoms with van der Waals surface area (Å²) in [7, 11) is 0. The minimum atomic E-state index is 0. The van der Waals surface area contributed by atoms with Crippen LogP contribution in [-0.4, -0.2) is 16.2 Å². The molecule has 2 rings (SSSR count). The van der Waals surface area contributed by atoms with Crippen molar-refractivity contribution in [1.29, 1.82) is 0 Å². The quantitative estimate of drug-likeness (QED) is 0.782. The third kappa shape index (κ3) is 4.79.